The number of halogens is 1. The van der Waals surface area contributed by atoms with Gasteiger partial charge in [0, 0.05) is 29.8 Å². The summed E-state index contributed by atoms with van der Waals surface area (Å²) >= 11 is 7.39. The minimum atomic E-state index is -4.05. The zero-order chi connectivity index (χ0) is 18.4. The fourth-order valence-electron chi connectivity index (χ4n) is 3.52. The molecule has 1 aliphatic heterocycles. The highest BCUT2D eigenvalue weighted by molar-refractivity contribution is 7.90. The highest BCUT2D eigenvalue weighted by atomic mass is 35.5. The molecule has 140 valence electrons. The van der Waals surface area contributed by atoms with E-state index in [0.717, 1.165) is 12.8 Å². The smallest absolute Gasteiger partial charge is 0.304 e. The quantitative estimate of drug-likeness (QED) is 0.615. The van der Waals surface area contributed by atoms with Crippen LogP contribution in [-0.4, -0.2) is 48.1 Å². The molecule has 0 radical (unpaired) electrons. The van der Waals surface area contributed by atoms with Crippen LogP contribution in [0.2, 0.25) is 5.15 Å². The fraction of sp³-hybridized carbons (Fsp3) is 0.533. The summed E-state index contributed by atoms with van der Waals surface area (Å²) in [6, 6.07) is 0. The summed E-state index contributed by atoms with van der Waals surface area (Å²) in [6.45, 7) is 3.06. The van der Waals surface area contributed by atoms with Gasteiger partial charge >= 0.3 is 10.0 Å². The van der Waals surface area contributed by atoms with E-state index in [-0.39, 0.29) is 21.6 Å². The van der Waals surface area contributed by atoms with Crippen LogP contribution in [0.3, 0.4) is 0 Å². The van der Waals surface area contributed by atoms with Crippen LogP contribution in [0.25, 0.3) is 4.96 Å². The lowest BCUT2D eigenvalue weighted by atomic mass is 9.88. The number of nitrogens with one attached hydrogen (secondary N) is 1. The maximum atomic E-state index is 12.9. The van der Waals surface area contributed by atoms with Crippen LogP contribution in [-0.2, 0) is 10.0 Å². The molecule has 2 aromatic rings. The first kappa shape index (κ1) is 17.7. The minimum absolute atomic E-state index is 0.0365. The Morgan fingerprint density at radius 2 is 2.23 bits per heavy atom. The molecule has 3 heterocycles. The molecular weight excluding hydrogens is 396 g/mol. The van der Waals surface area contributed by atoms with Gasteiger partial charge < -0.3 is 5.32 Å². The van der Waals surface area contributed by atoms with E-state index in [0.29, 0.717) is 18.1 Å². The molecule has 26 heavy (non-hydrogen) atoms. The van der Waals surface area contributed by atoms with Crippen molar-refractivity contribution in [1.82, 2.24) is 19.7 Å². The minimum Gasteiger partial charge on any atom is -0.354 e. The van der Waals surface area contributed by atoms with Crippen LogP contribution in [0.5, 0.6) is 0 Å². The number of hydrogen-bond donors (Lipinski definition) is 1. The lowest BCUT2D eigenvalue weighted by Gasteiger charge is -2.23. The van der Waals surface area contributed by atoms with Crippen molar-refractivity contribution in [2.75, 3.05) is 13.1 Å². The Morgan fingerprint density at radius 1 is 1.46 bits per heavy atom. The molecule has 1 aliphatic carbocycles. The predicted octanol–water partition coefficient (Wildman–Crippen LogP) is 2.57. The zero-order valence-corrected chi connectivity index (χ0v) is 16.6. The molecule has 4 rings (SSSR count). The molecule has 11 heteroatoms. The van der Waals surface area contributed by atoms with E-state index in [1.807, 2.05) is 13.1 Å². The SMILES string of the molecule is CCN/C(=N\S(=O)(=O)c1c(Cl)nc2sccn12)N1CC2(C=N1)CCCC2. The van der Waals surface area contributed by atoms with Gasteiger partial charge in [0.1, 0.15) is 0 Å². The van der Waals surface area contributed by atoms with Crippen molar-refractivity contribution in [2.45, 2.75) is 37.6 Å². The van der Waals surface area contributed by atoms with Gasteiger partial charge in [0.2, 0.25) is 11.0 Å². The van der Waals surface area contributed by atoms with E-state index in [1.165, 1.54) is 28.6 Å². The van der Waals surface area contributed by atoms with Gasteiger partial charge in [-0.15, -0.1) is 15.7 Å². The molecule has 1 N–H and O–H groups in total. The lowest BCUT2D eigenvalue weighted by molar-refractivity contribution is 0.340. The van der Waals surface area contributed by atoms with Crippen LogP contribution in [0.4, 0.5) is 0 Å². The van der Waals surface area contributed by atoms with Gasteiger partial charge in [-0.25, -0.2) is 9.99 Å². The summed E-state index contributed by atoms with van der Waals surface area (Å²) < 4.78 is 31.3. The number of guanidine groups is 1. The second-order valence-corrected chi connectivity index (χ2v) is 9.31. The highest BCUT2D eigenvalue weighted by Crippen LogP contribution is 2.40. The van der Waals surface area contributed by atoms with Gasteiger partial charge in [-0.2, -0.15) is 13.5 Å². The van der Waals surface area contributed by atoms with Crippen LogP contribution >= 0.6 is 22.9 Å². The maximum absolute atomic E-state index is 12.9. The third-order valence-corrected chi connectivity index (χ3v) is 7.17. The van der Waals surface area contributed by atoms with Crippen LogP contribution in [0.1, 0.15) is 32.6 Å². The Balaban J connectivity index is 1.70. The van der Waals surface area contributed by atoms with E-state index >= 15 is 0 Å². The second kappa shape index (κ2) is 6.50. The van der Waals surface area contributed by atoms with Crippen LogP contribution in [0, 0.1) is 5.41 Å². The summed E-state index contributed by atoms with van der Waals surface area (Å²) in [7, 11) is -4.05. The van der Waals surface area contributed by atoms with E-state index < -0.39 is 10.0 Å². The Hall–Kier alpha value is -1.65. The lowest BCUT2D eigenvalue weighted by Crippen LogP contribution is -2.40. The number of imidazole rings is 1. The highest BCUT2D eigenvalue weighted by Gasteiger charge is 2.39. The molecule has 1 saturated carbocycles. The number of sulfonamides is 1. The number of hydrogen-bond acceptors (Lipinski definition) is 5. The first-order valence-electron chi connectivity index (χ1n) is 8.47. The van der Waals surface area contributed by atoms with Gasteiger partial charge in [0.15, 0.2) is 10.1 Å². The molecule has 0 aromatic carbocycles. The fourth-order valence-corrected chi connectivity index (χ4v) is 5.94. The standard InChI is InChI=1S/C15H19ClN6O2S2/c1-2-17-13(22-10-15(9-18-22)5-3-4-6-15)20-26(23,24)12-11(16)19-14-21(12)7-8-25-14/h7-9H,2-6,10H2,1H3,(H,17,20). The predicted molar refractivity (Wildman–Crippen MR) is 102 cm³/mol. The largest absolute Gasteiger partial charge is 0.354 e. The molecular formula is C15H19ClN6O2S2. The van der Waals surface area contributed by atoms with E-state index in [2.05, 4.69) is 19.8 Å². The topological polar surface area (TPSA) is 91.4 Å². The monoisotopic (exact) mass is 414 g/mol. The number of aromatic nitrogens is 2. The van der Waals surface area contributed by atoms with Crippen molar-refractivity contribution in [1.29, 1.82) is 0 Å². The maximum Gasteiger partial charge on any atom is 0.304 e. The van der Waals surface area contributed by atoms with Gasteiger partial charge in [-0.3, -0.25) is 4.40 Å². The summed E-state index contributed by atoms with van der Waals surface area (Å²) in [5.74, 6) is 0.216. The molecule has 1 fully saturated rings. The van der Waals surface area contributed by atoms with Crippen molar-refractivity contribution in [3.63, 3.8) is 0 Å². The van der Waals surface area contributed by atoms with E-state index in [4.69, 9.17) is 11.6 Å². The number of fused-ring (bicyclic) bond motifs is 1. The van der Waals surface area contributed by atoms with Gasteiger partial charge in [0.05, 0.1) is 6.54 Å². The zero-order valence-electron chi connectivity index (χ0n) is 14.2. The Labute approximate surface area is 160 Å². The first-order valence-corrected chi connectivity index (χ1v) is 11.2. The van der Waals surface area contributed by atoms with Gasteiger partial charge in [-0.05, 0) is 19.8 Å². The van der Waals surface area contributed by atoms with Crippen molar-refractivity contribution in [2.24, 2.45) is 14.9 Å². The molecule has 0 amide bonds. The average Bonchev–Trinajstić information content (AvgIpc) is 3.33. The van der Waals surface area contributed by atoms with Crippen molar-refractivity contribution in [3.05, 3.63) is 16.7 Å². The van der Waals surface area contributed by atoms with E-state index in [9.17, 15) is 8.42 Å². The summed E-state index contributed by atoms with van der Waals surface area (Å²) in [4.78, 5) is 4.59. The molecule has 0 unspecified atom stereocenters. The van der Waals surface area contributed by atoms with Gasteiger partial charge in [0.25, 0.3) is 0 Å². The third kappa shape index (κ3) is 2.99. The number of rotatable bonds is 3. The molecule has 2 aliphatic rings. The van der Waals surface area contributed by atoms with Crippen LogP contribution < -0.4 is 5.32 Å². The normalized spacial score (nSPS) is 19.9. The van der Waals surface area contributed by atoms with E-state index in [1.54, 1.807) is 16.6 Å². The third-order valence-electron chi connectivity index (χ3n) is 4.74. The molecule has 0 atom stereocenters. The van der Waals surface area contributed by atoms with Crippen molar-refractivity contribution >= 4 is 50.1 Å². The summed E-state index contributed by atoms with van der Waals surface area (Å²) in [5.41, 5.74) is 0.0365. The molecule has 1 spiro atoms. The average molecular weight is 415 g/mol. The van der Waals surface area contributed by atoms with Crippen molar-refractivity contribution in [3.8, 4) is 0 Å². The Kier molecular flexibility index (Phi) is 4.44. The molecule has 2 aromatic heterocycles. The molecule has 0 bridgehead atoms. The van der Waals surface area contributed by atoms with Gasteiger partial charge in [-0.1, -0.05) is 24.4 Å². The summed E-state index contributed by atoms with van der Waals surface area (Å²) in [6.07, 6.45) is 8.06. The first-order chi connectivity index (χ1) is 12.4. The molecule has 0 saturated heterocycles. The molecule has 8 nitrogen and oxygen atoms in total. The van der Waals surface area contributed by atoms with Crippen LogP contribution in [0.15, 0.2) is 26.1 Å². The number of nitrogens with zero attached hydrogens (tertiary/aromatic N) is 5. The summed E-state index contributed by atoms with van der Waals surface area (Å²) in [5, 5.41) is 10.7. The second-order valence-electron chi connectivity index (χ2n) is 6.56. The Morgan fingerprint density at radius 3 is 2.96 bits per heavy atom. The number of hydrazone groups is 1. The Bertz CT molecular complexity index is 987. The number of thiazole rings is 1. The van der Waals surface area contributed by atoms with Crippen molar-refractivity contribution < 1.29 is 8.42 Å².